The van der Waals surface area contributed by atoms with Gasteiger partial charge in [-0.1, -0.05) is 13.3 Å². The summed E-state index contributed by atoms with van der Waals surface area (Å²) in [4.78, 5) is 46.4. The molecule has 164 valence electrons. The highest BCUT2D eigenvalue weighted by Crippen LogP contribution is 2.23. The summed E-state index contributed by atoms with van der Waals surface area (Å²) in [6.45, 7) is 6.68. The van der Waals surface area contributed by atoms with Gasteiger partial charge in [0.1, 0.15) is 11.4 Å². The Bertz CT molecular complexity index is 771. The van der Waals surface area contributed by atoms with Crippen molar-refractivity contribution in [3.8, 4) is 0 Å². The Morgan fingerprint density at radius 3 is 2.43 bits per heavy atom. The van der Waals surface area contributed by atoms with Gasteiger partial charge >= 0.3 is 5.97 Å². The number of pyridine rings is 1. The van der Waals surface area contributed by atoms with Crippen LogP contribution in [-0.4, -0.2) is 83.5 Å². The van der Waals surface area contributed by atoms with Crippen LogP contribution in [0.5, 0.6) is 0 Å². The lowest BCUT2D eigenvalue weighted by atomic mass is 10.2. The smallest absolute Gasteiger partial charge is 0.339 e. The van der Waals surface area contributed by atoms with Crippen molar-refractivity contribution in [1.82, 2.24) is 14.8 Å². The maximum Gasteiger partial charge on any atom is 0.339 e. The van der Waals surface area contributed by atoms with Gasteiger partial charge < -0.3 is 20.2 Å². The molecule has 0 aromatic carbocycles. The van der Waals surface area contributed by atoms with Crippen molar-refractivity contribution >= 4 is 29.3 Å². The van der Waals surface area contributed by atoms with Crippen LogP contribution in [0.1, 0.15) is 49.4 Å². The van der Waals surface area contributed by atoms with E-state index >= 15 is 0 Å². The van der Waals surface area contributed by atoms with E-state index in [0.717, 1.165) is 38.8 Å². The van der Waals surface area contributed by atoms with E-state index in [1.165, 1.54) is 12.3 Å². The van der Waals surface area contributed by atoms with Crippen LogP contribution < -0.4 is 10.2 Å². The Morgan fingerprint density at radius 1 is 1.10 bits per heavy atom. The molecular weight excluding hydrogens is 386 g/mol. The number of unbranched alkanes of at least 4 members (excludes halogenated alkanes) is 1. The summed E-state index contributed by atoms with van der Waals surface area (Å²) in [5.74, 6) is -0.638. The minimum Gasteiger partial charge on any atom is -0.478 e. The van der Waals surface area contributed by atoms with Crippen LogP contribution in [0.2, 0.25) is 0 Å². The number of hydrogen-bond donors (Lipinski definition) is 2. The van der Waals surface area contributed by atoms with Gasteiger partial charge in [-0.2, -0.15) is 0 Å². The highest BCUT2D eigenvalue weighted by molar-refractivity contribution is 5.97. The van der Waals surface area contributed by atoms with Crippen molar-refractivity contribution in [2.75, 3.05) is 56.0 Å². The first-order valence-electron chi connectivity index (χ1n) is 10.8. The predicted molar refractivity (Wildman–Crippen MR) is 114 cm³/mol. The zero-order chi connectivity index (χ0) is 21.5. The van der Waals surface area contributed by atoms with Crippen LogP contribution in [-0.2, 0) is 9.59 Å². The number of aromatic nitrogens is 1. The number of likely N-dealkylation sites (tertiary alicyclic amines) is 1. The standard InChI is InChI=1S/C21H31N5O4/c1-2-3-6-18(27)23-16-13-17(21(29)30)20(22-14-16)26-11-9-24(10-12-26)15-19(28)25-7-4-5-8-25/h13-14H,2-12,15H2,1H3,(H,23,27)(H,29,30). The highest BCUT2D eigenvalue weighted by atomic mass is 16.4. The normalized spacial score (nSPS) is 17.2. The van der Waals surface area contributed by atoms with Gasteiger partial charge in [-0.15, -0.1) is 0 Å². The van der Waals surface area contributed by atoms with E-state index < -0.39 is 5.97 Å². The molecule has 0 aliphatic carbocycles. The number of carbonyl (C=O) groups is 3. The Balaban J connectivity index is 1.59. The summed E-state index contributed by atoms with van der Waals surface area (Å²) in [6, 6.07) is 1.47. The van der Waals surface area contributed by atoms with Gasteiger partial charge in [0.2, 0.25) is 11.8 Å². The van der Waals surface area contributed by atoms with E-state index in [1.54, 1.807) is 0 Å². The molecule has 3 rings (SSSR count). The monoisotopic (exact) mass is 417 g/mol. The quantitative estimate of drug-likeness (QED) is 0.662. The molecule has 1 aromatic heterocycles. The molecule has 9 nitrogen and oxygen atoms in total. The molecule has 2 saturated heterocycles. The van der Waals surface area contributed by atoms with Gasteiger partial charge in [-0.25, -0.2) is 9.78 Å². The van der Waals surface area contributed by atoms with Crippen molar-refractivity contribution in [2.45, 2.75) is 39.0 Å². The van der Waals surface area contributed by atoms with Crippen LogP contribution in [0.25, 0.3) is 0 Å². The van der Waals surface area contributed by atoms with E-state index in [9.17, 15) is 19.5 Å². The van der Waals surface area contributed by atoms with Crippen LogP contribution in [0.4, 0.5) is 11.5 Å². The Morgan fingerprint density at radius 2 is 1.80 bits per heavy atom. The molecular formula is C21H31N5O4. The molecule has 30 heavy (non-hydrogen) atoms. The molecule has 9 heteroatoms. The summed E-state index contributed by atoms with van der Waals surface area (Å²) in [6.07, 6.45) is 5.78. The van der Waals surface area contributed by atoms with Crippen LogP contribution >= 0.6 is 0 Å². The van der Waals surface area contributed by atoms with Crippen molar-refractivity contribution in [3.63, 3.8) is 0 Å². The van der Waals surface area contributed by atoms with E-state index in [2.05, 4.69) is 15.2 Å². The van der Waals surface area contributed by atoms with Gasteiger partial charge in [0.25, 0.3) is 0 Å². The SMILES string of the molecule is CCCCC(=O)Nc1cnc(N2CCN(CC(=O)N3CCCC3)CC2)c(C(=O)O)c1. The Hall–Kier alpha value is -2.68. The molecule has 0 atom stereocenters. The van der Waals surface area contributed by atoms with E-state index in [4.69, 9.17) is 0 Å². The largest absolute Gasteiger partial charge is 0.478 e. The topological polar surface area (TPSA) is 106 Å². The summed E-state index contributed by atoms with van der Waals surface area (Å²) < 4.78 is 0. The second-order valence-corrected chi connectivity index (χ2v) is 7.90. The summed E-state index contributed by atoms with van der Waals surface area (Å²) >= 11 is 0. The van der Waals surface area contributed by atoms with Gasteiger partial charge in [-0.3, -0.25) is 14.5 Å². The van der Waals surface area contributed by atoms with Crippen molar-refractivity contribution in [3.05, 3.63) is 17.8 Å². The molecule has 2 aliphatic heterocycles. The number of anilines is 2. The number of hydrogen-bond acceptors (Lipinski definition) is 6. The number of carbonyl (C=O) groups excluding carboxylic acids is 2. The maximum atomic E-state index is 12.3. The van der Waals surface area contributed by atoms with Crippen LogP contribution in [0, 0.1) is 0 Å². The lowest BCUT2D eigenvalue weighted by Crippen LogP contribution is -2.50. The first-order valence-corrected chi connectivity index (χ1v) is 10.8. The number of carboxylic acid groups (broad SMARTS) is 1. The molecule has 0 saturated carbocycles. The number of carboxylic acids is 1. The third-order valence-corrected chi connectivity index (χ3v) is 5.63. The number of amides is 2. The molecule has 2 aliphatic rings. The first kappa shape index (κ1) is 22.0. The third-order valence-electron chi connectivity index (χ3n) is 5.63. The van der Waals surface area contributed by atoms with Crippen LogP contribution in [0.3, 0.4) is 0 Å². The number of piperazine rings is 1. The van der Waals surface area contributed by atoms with Gasteiger partial charge in [-0.05, 0) is 25.3 Å². The molecule has 0 spiro atoms. The fourth-order valence-corrected chi connectivity index (χ4v) is 3.87. The molecule has 1 aromatic rings. The summed E-state index contributed by atoms with van der Waals surface area (Å²) in [5.41, 5.74) is 0.469. The number of nitrogens with zero attached hydrogens (tertiary/aromatic N) is 4. The molecule has 2 fully saturated rings. The zero-order valence-corrected chi connectivity index (χ0v) is 17.6. The molecule has 2 amide bonds. The predicted octanol–water partition coefficient (Wildman–Crippen LogP) is 1.65. The lowest BCUT2D eigenvalue weighted by Gasteiger charge is -2.36. The van der Waals surface area contributed by atoms with Gasteiger partial charge in [0.15, 0.2) is 0 Å². The molecule has 0 bridgehead atoms. The number of rotatable bonds is 8. The molecule has 0 unspecified atom stereocenters. The minimum atomic E-state index is -1.08. The molecule has 2 N–H and O–H groups in total. The number of aromatic carboxylic acids is 1. The first-order chi connectivity index (χ1) is 14.5. The fraction of sp³-hybridized carbons (Fsp3) is 0.619. The van der Waals surface area contributed by atoms with Crippen molar-refractivity contribution in [1.29, 1.82) is 0 Å². The highest BCUT2D eigenvalue weighted by Gasteiger charge is 2.26. The lowest BCUT2D eigenvalue weighted by molar-refractivity contribution is -0.131. The summed E-state index contributed by atoms with van der Waals surface area (Å²) in [5, 5.41) is 12.4. The number of nitrogens with one attached hydrogen (secondary N) is 1. The average Bonchev–Trinajstić information content (AvgIpc) is 3.28. The fourth-order valence-electron chi connectivity index (χ4n) is 3.87. The van der Waals surface area contributed by atoms with E-state index in [1.807, 2.05) is 16.7 Å². The second kappa shape index (κ2) is 10.4. The minimum absolute atomic E-state index is 0.0740. The van der Waals surface area contributed by atoms with E-state index in [0.29, 0.717) is 50.6 Å². The van der Waals surface area contributed by atoms with E-state index in [-0.39, 0.29) is 17.4 Å². The molecule has 0 radical (unpaired) electrons. The van der Waals surface area contributed by atoms with Gasteiger partial charge in [0, 0.05) is 45.7 Å². The van der Waals surface area contributed by atoms with Crippen molar-refractivity contribution in [2.24, 2.45) is 0 Å². The average molecular weight is 418 g/mol. The Kier molecular flexibility index (Phi) is 7.62. The third kappa shape index (κ3) is 5.69. The van der Waals surface area contributed by atoms with Gasteiger partial charge in [0.05, 0.1) is 18.4 Å². The zero-order valence-electron chi connectivity index (χ0n) is 17.6. The summed E-state index contributed by atoms with van der Waals surface area (Å²) in [7, 11) is 0. The second-order valence-electron chi connectivity index (χ2n) is 7.90. The maximum absolute atomic E-state index is 12.3. The van der Waals surface area contributed by atoms with Crippen LogP contribution in [0.15, 0.2) is 12.3 Å². The van der Waals surface area contributed by atoms with Crippen molar-refractivity contribution < 1.29 is 19.5 Å². The molecule has 3 heterocycles. The Labute approximate surface area is 177 Å².